The minimum absolute atomic E-state index is 0.598. The molecule has 0 saturated heterocycles. The number of aryl methyl sites for hydroxylation is 2. The van der Waals surface area contributed by atoms with E-state index in [2.05, 4.69) is 42.2 Å². The van der Waals surface area contributed by atoms with E-state index in [9.17, 15) is 0 Å². The first-order valence-electron chi connectivity index (χ1n) is 7.92. The van der Waals surface area contributed by atoms with Gasteiger partial charge in [-0.25, -0.2) is 0 Å². The summed E-state index contributed by atoms with van der Waals surface area (Å²) in [6.45, 7) is 2.17. The van der Waals surface area contributed by atoms with Crippen molar-refractivity contribution in [1.29, 1.82) is 0 Å². The summed E-state index contributed by atoms with van der Waals surface area (Å²) in [6.07, 6.45) is 10.7. The molecule has 1 N–H and O–H groups in total. The monoisotopic (exact) mass is 263 g/mol. The van der Waals surface area contributed by atoms with Crippen LogP contribution in [-0.2, 0) is 19.9 Å². The summed E-state index contributed by atoms with van der Waals surface area (Å²) in [4.78, 5) is 0. The standard InChI is InChI=1S/C16H29N3/c1-4-14-11-16(19(3)18-14)12-15(17-2)10-9-13-7-5-6-8-13/h11,13,15,17H,4-10,12H2,1-3H3. The van der Waals surface area contributed by atoms with Crippen LogP contribution in [-0.4, -0.2) is 22.9 Å². The highest BCUT2D eigenvalue weighted by atomic mass is 15.3. The molecule has 0 bridgehead atoms. The van der Waals surface area contributed by atoms with Crippen molar-refractivity contribution in [3.63, 3.8) is 0 Å². The molecule has 19 heavy (non-hydrogen) atoms. The second-order valence-corrected chi connectivity index (χ2v) is 6.02. The third-order valence-electron chi connectivity index (χ3n) is 4.65. The van der Waals surface area contributed by atoms with Gasteiger partial charge in [0.2, 0.25) is 0 Å². The third-order valence-corrected chi connectivity index (χ3v) is 4.65. The lowest BCUT2D eigenvalue weighted by Gasteiger charge is -2.18. The van der Waals surface area contributed by atoms with Gasteiger partial charge in [-0.3, -0.25) is 4.68 Å². The predicted molar refractivity (Wildman–Crippen MR) is 80.3 cm³/mol. The van der Waals surface area contributed by atoms with Gasteiger partial charge in [-0.15, -0.1) is 0 Å². The van der Waals surface area contributed by atoms with Crippen LogP contribution in [0, 0.1) is 5.92 Å². The van der Waals surface area contributed by atoms with Crippen LogP contribution in [0.4, 0.5) is 0 Å². The molecule has 3 nitrogen and oxygen atoms in total. The van der Waals surface area contributed by atoms with Crippen LogP contribution in [0.5, 0.6) is 0 Å². The van der Waals surface area contributed by atoms with Crippen LogP contribution < -0.4 is 5.32 Å². The van der Waals surface area contributed by atoms with Crippen molar-refractivity contribution in [3.8, 4) is 0 Å². The zero-order chi connectivity index (χ0) is 13.7. The van der Waals surface area contributed by atoms with Crippen LogP contribution in [0.3, 0.4) is 0 Å². The summed E-state index contributed by atoms with van der Waals surface area (Å²) in [5.74, 6) is 0.994. The fraction of sp³-hybridized carbons (Fsp3) is 0.812. The SMILES string of the molecule is CCc1cc(CC(CCC2CCCC2)NC)n(C)n1. The number of nitrogens with zero attached hydrogens (tertiary/aromatic N) is 2. The number of likely N-dealkylation sites (N-methyl/N-ethyl adjacent to an activating group) is 1. The highest BCUT2D eigenvalue weighted by Gasteiger charge is 2.18. The molecule has 0 aromatic carbocycles. The van der Waals surface area contributed by atoms with Crippen LogP contribution in [0.1, 0.15) is 56.8 Å². The molecule has 1 aromatic heterocycles. The highest BCUT2D eigenvalue weighted by Crippen LogP contribution is 2.29. The largest absolute Gasteiger partial charge is 0.317 e. The number of nitrogens with one attached hydrogen (secondary N) is 1. The summed E-state index contributed by atoms with van der Waals surface area (Å²) >= 11 is 0. The van der Waals surface area contributed by atoms with Gasteiger partial charge in [0.25, 0.3) is 0 Å². The van der Waals surface area contributed by atoms with Crippen LogP contribution >= 0.6 is 0 Å². The van der Waals surface area contributed by atoms with Gasteiger partial charge in [0.05, 0.1) is 5.69 Å². The molecule has 3 heteroatoms. The fourth-order valence-electron chi connectivity index (χ4n) is 3.27. The Bertz CT molecular complexity index is 377. The molecule has 0 aliphatic heterocycles. The summed E-state index contributed by atoms with van der Waals surface area (Å²) in [7, 11) is 4.16. The van der Waals surface area contributed by atoms with Gasteiger partial charge < -0.3 is 5.32 Å². The summed E-state index contributed by atoms with van der Waals surface area (Å²) in [6, 6.07) is 2.86. The fourth-order valence-corrected chi connectivity index (χ4v) is 3.27. The van der Waals surface area contributed by atoms with E-state index in [1.807, 2.05) is 0 Å². The second-order valence-electron chi connectivity index (χ2n) is 6.02. The Kier molecular flexibility index (Phi) is 5.44. The van der Waals surface area contributed by atoms with Crippen LogP contribution in [0.2, 0.25) is 0 Å². The van der Waals surface area contributed by atoms with Crippen molar-refractivity contribution in [2.75, 3.05) is 7.05 Å². The van der Waals surface area contributed by atoms with Crippen molar-refractivity contribution in [3.05, 3.63) is 17.5 Å². The maximum Gasteiger partial charge on any atom is 0.0624 e. The average Bonchev–Trinajstić information content (AvgIpc) is 3.04. The molecule has 1 saturated carbocycles. The van der Waals surface area contributed by atoms with Gasteiger partial charge in [0.1, 0.15) is 0 Å². The molecule has 0 spiro atoms. The highest BCUT2D eigenvalue weighted by molar-refractivity contribution is 5.11. The molecule has 1 aromatic rings. The normalized spacial score (nSPS) is 18.1. The lowest BCUT2D eigenvalue weighted by molar-refractivity contribution is 0.413. The Balaban J connectivity index is 1.84. The quantitative estimate of drug-likeness (QED) is 0.819. The molecule has 1 aliphatic carbocycles. The van der Waals surface area contributed by atoms with Crippen molar-refractivity contribution in [2.24, 2.45) is 13.0 Å². The maximum atomic E-state index is 4.54. The van der Waals surface area contributed by atoms with Crippen LogP contribution in [0.25, 0.3) is 0 Å². The van der Waals surface area contributed by atoms with Crippen LogP contribution in [0.15, 0.2) is 6.07 Å². The van der Waals surface area contributed by atoms with Crippen molar-refractivity contribution in [1.82, 2.24) is 15.1 Å². The van der Waals surface area contributed by atoms with E-state index in [0.29, 0.717) is 6.04 Å². The Morgan fingerprint density at radius 1 is 1.42 bits per heavy atom. The minimum Gasteiger partial charge on any atom is -0.317 e. The van der Waals surface area contributed by atoms with Gasteiger partial charge in [-0.2, -0.15) is 5.10 Å². The summed E-state index contributed by atoms with van der Waals surface area (Å²) in [5, 5.41) is 8.03. The maximum absolute atomic E-state index is 4.54. The first-order valence-corrected chi connectivity index (χ1v) is 7.92. The Labute approximate surface area is 117 Å². The number of hydrogen-bond acceptors (Lipinski definition) is 2. The van der Waals surface area contributed by atoms with E-state index in [1.54, 1.807) is 0 Å². The molecular formula is C16H29N3. The van der Waals surface area contributed by atoms with Crippen molar-refractivity contribution in [2.45, 2.75) is 64.3 Å². The summed E-state index contributed by atoms with van der Waals surface area (Å²) in [5.41, 5.74) is 2.57. The summed E-state index contributed by atoms with van der Waals surface area (Å²) < 4.78 is 2.05. The number of aromatic nitrogens is 2. The average molecular weight is 263 g/mol. The topological polar surface area (TPSA) is 29.9 Å². The lowest BCUT2D eigenvalue weighted by Crippen LogP contribution is -2.29. The first-order chi connectivity index (χ1) is 9.22. The molecular weight excluding hydrogens is 234 g/mol. The lowest BCUT2D eigenvalue weighted by atomic mass is 9.96. The molecule has 1 unspecified atom stereocenters. The van der Waals surface area contributed by atoms with Crippen molar-refractivity contribution < 1.29 is 0 Å². The molecule has 2 rings (SSSR count). The number of hydrogen-bond donors (Lipinski definition) is 1. The van der Waals surface area contributed by atoms with E-state index in [4.69, 9.17) is 0 Å². The van der Waals surface area contributed by atoms with E-state index >= 15 is 0 Å². The van der Waals surface area contributed by atoms with Gasteiger partial charge in [0.15, 0.2) is 0 Å². The minimum atomic E-state index is 0.598. The molecule has 1 atom stereocenters. The number of rotatable bonds is 7. The molecule has 1 heterocycles. The van der Waals surface area contributed by atoms with E-state index in [0.717, 1.165) is 18.8 Å². The van der Waals surface area contributed by atoms with E-state index in [1.165, 1.54) is 49.9 Å². The first kappa shape index (κ1) is 14.6. The van der Waals surface area contributed by atoms with E-state index in [-0.39, 0.29) is 0 Å². The van der Waals surface area contributed by atoms with Gasteiger partial charge in [-0.1, -0.05) is 32.6 Å². The van der Waals surface area contributed by atoms with Gasteiger partial charge in [-0.05, 0) is 38.3 Å². The second kappa shape index (κ2) is 7.09. The van der Waals surface area contributed by atoms with Crippen molar-refractivity contribution >= 4 is 0 Å². The zero-order valence-corrected chi connectivity index (χ0v) is 12.8. The Hall–Kier alpha value is -0.830. The molecule has 1 fully saturated rings. The molecule has 108 valence electrons. The zero-order valence-electron chi connectivity index (χ0n) is 12.8. The smallest absolute Gasteiger partial charge is 0.0624 e. The molecule has 0 amide bonds. The van der Waals surface area contributed by atoms with Gasteiger partial charge in [0, 0.05) is 25.2 Å². The van der Waals surface area contributed by atoms with E-state index < -0.39 is 0 Å². The molecule has 1 aliphatic rings. The Morgan fingerprint density at radius 2 is 2.16 bits per heavy atom. The Morgan fingerprint density at radius 3 is 2.74 bits per heavy atom. The predicted octanol–water partition coefficient (Wildman–Crippen LogP) is 3.08. The third kappa shape index (κ3) is 4.07. The van der Waals surface area contributed by atoms with Gasteiger partial charge >= 0.3 is 0 Å². The molecule has 0 radical (unpaired) electrons.